The van der Waals surface area contributed by atoms with Gasteiger partial charge in [0.1, 0.15) is 0 Å². The predicted molar refractivity (Wildman–Crippen MR) is 53.2 cm³/mol. The van der Waals surface area contributed by atoms with E-state index < -0.39 is 0 Å². The third-order valence-electron chi connectivity index (χ3n) is 1.86. The Kier molecular flexibility index (Phi) is 4.23. The van der Waals surface area contributed by atoms with Crippen LogP contribution in [0.5, 0.6) is 0 Å². The molecule has 2 heteroatoms. The molecule has 1 aromatic rings. The van der Waals surface area contributed by atoms with E-state index in [1.807, 2.05) is 30.3 Å². The molecule has 0 aliphatic rings. The van der Waals surface area contributed by atoms with Crippen LogP contribution in [-0.2, 0) is 0 Å². The van der Waals surface area contributed by atoms with Gasteiger partial charge in [0.15, 0.2) is 0 Å². The van der Waals surface area contributed by atoms with Crippen molar-refractivity contribution in [2.45, 2.75) is 6.42 Å². The Morgan fingerprint density at radius 3 is 2.38 bits per heavy atom. The first-order valence-electron chi connectivity index (χ1n) is 4.34. The fourth-order valence-electron chi connectivity index (χ4n) is 1.25. The molecule has 0 aromatic heterocycles. The summed E-state index contributed by atoms with van der Waals surface area (Å²) in [5.74, 6) is 0. The van der Waals surface area contributed by atoms with Crippen molar-refractivity contribution in [2.75, 3.05) is 13.2 Å². The molecule has 2 N–H and O–H groups in total. The van der Waals surface area contributed by atoms with Crippen LogP contribution in [0.1, 0.15) is 12.0 Å². The maximum absolute atomic E-state index is 8.80. The van der Waals surface area contributed by atoms with Crippen LogP contribution < -0.4 is 0 Å². The molecule has 0 saturated carbocycles. The summed E-state index contributed by atoms with van der Waals surface area (Å²) in [6.07, 6.45) is 2.32. The zero-order valence-corrected chi connectivity index (χ0v) is 7.48. The van der Waals surface area contributed by atoms with Gasteiger partial charge in [-0.1, -0.05) is 36.4 Å². The molecule has 0 radical (unpaired) electrons. The van der Waals surface area contributed by atoms with Crippen LogP contribution in [0.4, 0.5) is 0 Å². The predicted octanol–water partition coefficient (Wildman–Crippen LogP) is 1.44. The lowest BCUT2D eigenvalue weighted by molar-refractivity contribution is 0.304. The zero-order valence-electron chi connectivity index (χ0n) is 7.48. The zero-order chi connectivity index (χ0) is 9.52. The van der Waals surface area contributed by atoms with Gasteiger partial charge in [0.25, 0.3) is 0 Å². The van der Waals surface area contributed by atoms with Crippen molar-refractivity contribution in [1.82, 2.24) is 0 Å². The summed E-state index contributed by atoms with van der Waals surface area (Å²) in [5, 5.41) is 17.6. The van der Waals surface area contributed by atoms with Gasteiger partial charge in [-0.05, 0) is 17.6 Å². The van der Waals surface area contributed by atoms with Crippen molar-refractivity contribution < 1.29 is 10.2 Å². The SMILES string of the molecule is OCC=C(CCO)c1ccccc1. The van der Waals surface area contributed by atoms with Gasteiger partial charge in [-0.3, -0.25) is 0 Å². The minimum atomic E-state index is 0.0181. The third-order valence-corrected chi connectivity index (χ3v) is 1.86. The molecule has 0 saturated heterocycles. The molecular weight excluding hydrogens is 164 g/mol. The second-order valence-corrected chi connectivity index (χ2v) is 2.75. The van der Waals surface area contributed by atoms with E-state index in [9.17, 15) is 0 Å². The molecule has 0 amide bonds. The van der Waals surface area contributed by atoms with Crippen molar-refractivity contribution >= 4 is 5.57 Å². The Labute approximate surface area is 78.2 Å². The molecule has 0 aliphatic carbocycles. The molecular formula is C11H14O2. The molecule has 2 nitrogen and oxygen atoms in total. The van der Waals surface area contributed by atoms with Crippen LogP contribution >= 0.6 is 0 Å². The molecule has 1 rings (SSSR count). The van der Waals surface area contributed by atoms with Crippen LogP contribution in [0.25, 0.3) is 5.57 Å². The van der Waals surface area contributed by atoms with Crippen molar-refractivity contribution in [2.24, 2.45) is 0 Å². The highest BCUT2D eigenvalue weighted by molar-refractivity contribution is 5.65. The fraction of sp³-hybridized carbons (Fsp3) is 0.273. The summed E-state index contributed by atoms with van der Waals surface area (Å²) in [4.78, 5) is 0. The number of aliphatic hydroxyl groups is 2. The summed E-state index contributed by atoms with van der Waals surface area (Å²) in [6, 6.07) is 9.77. The molecule has 1 aromatic carbocycles. The Balaban J connectivity index is 2.83. The first-order valence-corrected chi connectivity index (χ1v) is 4.34. The van der Waals surface area contributed by atoms with Gasteiger partial charge in [0, 0.05) is 6.61 Å². The Morgan fingerprint density at radius 2 is 1.85 bits per heavy atom. The highest BCUT2D eigenvalue weighted by Gasteiger charge is 1.98. The fourth-order valence-corrected chi connectivity index (χ4v) is 1.25. The molecule has 0 heterocycles. The molecule has 13 heavy (non-hydrogen) atoms. The van der Waals surface area contributed by atoms with Gasteiger partial charge in [0.05, 0.1) is 6.61 Å². The van der Waals surface area contributed by atoms with Gasteiger partial charge in [-0.2, -0.15) is 0 Å². The van der Waals surface area contributed by atoms with Crippen molar-refractivity contribution in [3.05, 3.63) is 42.0 Å². The van der Waals surface area contributed by atoms with E-state index in [1.165, 1.54) is 0 Å². The average molecular weight is 178 g/mol. The largest absolute Gasteiger partial charge is 0.396 e. The van der Waals surface area contributed by atoms with Crippen LogP contribution in [0.2, 0.25) is 0 Å². The second kappa shape index (κ2) is 5.51. The number of hydrogen-bond acceptors (Lipinski definition) is 2. The normalized spacial score (nSPS) is 11.7. The summed E-state index contributed by atoms with van der Waals surface area (Å²) < 4.78 is 0. The van der Waals surface area contributed by atoms with E-state index in [1.54, 1.807) is 6.08 Å². The Morgan fingerprint density at radius 1 is 1.15 bits per heavy atom. The smallest absolute Gasteiger partial charge is 0.0618 e. The minimum absolute atomic E-state index is 0.0181. The molecule has 0 aliphatic heterocycles. The number of hydrogen-bond donors (Lipinski definition) is 2. The number of rotatable bonds is 4. The lowest BCUT2D eigenvalue weighted by atomic mass is 10.0. The summed E-state index contributed by atoms with van der Waals surface area (Å²) in [5.41, 5.74) is 2.05. The monoisotopic (exact) mass is 178 g/mol. The van der Waals surface area contributed by atoms with Crippen LogP contribution in [-0.4, -0.2) is 23.4 Å². The molecule has 70 valence electrons. The molecule has 0 fully saturated rings. The molecule has 0 unspecified atom stereocenters. The van der Waals surface area contributed by atoms with E-state index >= 15 is 0 Å². The average Bonchev–Trinajstić information content (AvgIpc) is 2.19. The van der Waals surface area contributed by atoms with E-state index in [0.29, 0.717) is 6.42 Å². The summed E-state index contributed by atoms with van der Waals surface area (Å²) >= 11 is 0. The lowest BCUT2D eigenvalue weighted by Gasteiger charge is -2.04. The van der Waals surface area contributed by atoms with E-state index in [2.05, 4.69) is 0 Å². The first kappa shape index (κ1) is 9.96. The molecule has 0 bridgehead atoms. The number of aliphatic hydroxyl groups excluding tert-OH is 2. The van der Waals surface area contributed by atoms with Crippen molar-refractivity contribution in [1.29, 1.82) is 0 Å². The summed E-state index contributed by atoms with van der Waals surface area (Å²) in [7, 11) is 0. The standard InChI is InChI=1S/C11H14O2/c12-8-6-11(7-9-13)10-4-2-1-3-5-10/h1-6,12-13H,7-9H2. The maximum Gasteiger partial charge on any atom is 0.0618 e. The highest BCUT2D eigenvalue weighted by Crippen LogP contribution is 2.16. The molecule has 0 atom stereocenters. The van der Waals surface area contributed by atoms with Crippen LogP contribution in [0.15, 0.2) is 36.4 Å². The summed E-state index contributed by atoms with van der Waals surface area (Å²) in [6.45, 7) is 0.130. The lowest BCUT2D eigenvalue weighted by Crippen LogP contribution is -1.90. The van der Waals surface area contributed by atoms with E-state index in [0.717, 1.165) is 11.1 Å². The van der Waals surface area contributed by atoms with E-state index in [-0.39, 0.29) is 13.2 Å². The minimum Gasteiger partial charge on any atom is -0.396 e. The maximum atomic E-state index is 8.80. The van der Waals surface area contributed by atoms with Crippen LogP contribution in [0, 0.1) is 0 Å². The van der Waals surface area contributed by atoms with Crippen molar-refractivity contribution in [3.63, 3.8) is 0 Å². The highest BCUT2D eigenvalue weighted by atomic mass is 16.3. The topological polar surface area (TPSA) is 40.5 Å². The van der Waals surface area contributed by atoms with Gasteiger partial charge >= 0.3 is 0 Å². The van der Waals surface area contributed by atoms with Gasteiger partial charge in [-0.25, -0.2) is 0 Å². The molecule has 0 spiro atoms. The second-order valence-electron chi connectivity index (χ2n) is 2.75. The van der Waals surface area contributed by atoms with Crippen molar-refractivity contribution in [3.8, 4) is 0 Å². The first-order chi connectivity index (χ1) is 6.38. The van der Waals surface area contributed by atoms with Gasteiger partial charge in [-0.15, -0.1) is 0 Å². The van der Waals surface area contributed by atoms with Crippen LogP contribution in [0.3, 0.4) is 0 Å². The quantitative estimate of drug-likeness (QED) is 0.732. The Hall–Kier alpha value is -1.12. The van der Waals surface area contributed by atoms with Gasteiger partial charge in [0.2, 0.25) is 0 Å². The third kappa shape index (κ3) is 3.01. The van der Waals surface area contributed by atoms with Gasteiger partial charge < -0.3 is 10.2 Å². The number of benzene rings is 1. The van der Waals surface area contributed by atoms with E-state index in [4.69, 9.17) is 10.2 Å². The Bertz CT molecular complexity index is 265.